The summed E-state index contributed by atoms with van der Waals surface area (Å²) in [4.78, 5) is 26.9. The second-order valence-corrected chi connectivity index (χ2v) is 6.44. The number of fused-ring (bicyclic) bond motifs is 1. The number of benzene rings is 1. The normalized spacial score (nSPS) is 11.2. The van der Waals surface area contributed by atoms with Crippen molar-refractivity contribution in [3.63, 3.8) is 0 Å². The van der Waals surface area contributed by atoms with Crippen molar-refractivity contribution in [1.29, 1.82) is 0 Å². The number of para-hydroxylation sites is 1. The minimum Gasteiger partial charge on any atom is -0.336 e. The zero-order valence-corrected chi connectivity index (χ0v) is 15.7. The van der Waals surface area contributed by atoms with Crippen molar-refractivity contribution >= 4 is 28.5 Å². The van der Waals surface area contributed by atoms with E-state index in [4.69, 9.17) is 11.6 Å². The van der Waals surface area contributed by atoms with Crippen LogP contribution in [0.3, 0.4) is 0 Å². The van der Waals surface area contributed by atoms with Crippen LogP contribution < -0.4 is 10.9 Å². The Morgan fingerprint density at radius 3 is 2.72 bits per heavy atom. The summed E-state index contributed by atoms with van der Waals surface area (Å²) in [6.45, 7) is 2.15. The van der Waals surface area contributed by atoms with E-state index in [1.807, 2.05) is 0 Å². The monoisotopic (exact) mass is 418 g/mol. The van der Waals surface area contributed by atoms with E-state index in [2.05, 4.69) is 20.5 Å². The van der Waals surface area contributed by atoms with Gasteiger partial charge in [-0.2, -0.15) is 14.9 Å². The van der Waals surface area contributed by atoms with Crippen molar-refractivity contribution < 1.29 is 13.6 Å². The van der Waals surface area contributed by atoms with E-state index in [1.54, 1.807) is 6.92 Å². The molecule has 0 atom stereocenters. The van der Waals surface area contributed by atoms with Gasteiger partial charge in [0.25, 0.3) is 5.56 Å². The highest BCUT2D eigenvalue weighted by Crippen LogP contribution is 2.32. The predicted molar refractivity (Wildman–Crippen MR) is 102 cm³/mol. The van der Waals surface area contributed by atoms with E-state index < -0.39 is 28.9 Å². The molecule has 0 spiro atoms. The van der Waals surface area contributed by atoms with E-state index in [1.165, 1.54) is 24.7 Å². The molecule has 8 nitrogen and oxygen atoms in total. The quantitative estimate of drug-likeness (QED) is 0.534. The molecule has 0 fully saturated rings. The van der Waals surface area contributed by atoms with Crippen molar-refractivity contribution in [2.24, 2.45) is 0 Å². The first-order valence-corrected chi connectivity index (χ1v) is 8.87. The van der Waals surface area contributed by atoms with E-state index in [9.17, 15) is 18.4 Å². The Hall–Kier alpha value is -3.53. The van der Waals surface area contributed by atoms with Gasteiger partial charge in [0.05, 0.1) is 16.6 Å². The molecule has 4 rings (SSSR count). The van der Waals surface area contributed by atoms with Gasteiger partial charge in [-0.25, -0.2) is 18.3 Å². The third-order valence-corrected chi connectivity index (χ3v) is 4.50. The molecular formula is C18H13ClF2N6O2. The highest BCUT2D eigenvalue weighted by Gasteiger charge is 2.24. The first-order chi connectivity index (χ1) is 13.9. The van der Waals surface area contributed by atoms with Gasteiger partial charge in [0, 0.05) is 24.5 Å². The number of H-pyrrole nitrogens is 1. The molecule has 0 saturated heterocycles. The van der Waals surface area contributed by atoms with Crippen LogP contribution in [0, 0.1) is 11.6 Å². The molecule has 29 heavy (non-hydrogen) atoms. The minimum atomic E-state index is -0.879. The number of hydrogen-bond donors (Lipinski definition) is 2. The molecule has 0 radical (unpaired) electrons. The molecule has 0 bridgehead atoms. The standard InChI is InChI=1S/C18H13ClF2N6O2/c1-2-22-18(29)26-8-9(6-24-26)14-13-15(10(19)7-23-17(13)28)27(25-14)16-11(20)4-3-5-12(16)21/h3-8H,2H2,1H3,(H,22,29)(H,23,28). The first-order valence-electron chi connectivity index (χ1n) is 8.50. The van der Waals surface area contributed by atoms with Crippen LogP contribution in [0.15, 0.2) is 41.6 Å². The molecule has 0 unspecified atom stereocenters. The summed E-state index contributed by atoms with van der Waals surface area (Å²) in [7, 11) is 0. The maximum absolute atomic E-state index is 14.4. The number of halogens is 3. The molecule has 0 aliphatic rings. The number of nitrogens with one attached hydrogen (secondary N) is 2. The van der Waals surface area contributed by atoms with Crippen LogP contribution in [0.1, 0.15) is 6.92 Å². The summed E-state index contributed by atoms with van der Waals surface area (Å²) in [5.74, 6) is -1.76. The first kappa shape index (κ1) is 18.8. The number of aromatic amines is 1. The van der Waals surface area contributed by atoms with Crippen molar-refractivity contribution in [3.8, 4) is 16.9 Å². The average Bonchev–Trinajstić information content (AvgIpc) is 3.31. The summed E-state index contributed by atoms with van der Waals surface area (Å²) in [6, 6.07) is 2.88. The molecule has 0 aliphatic carbocycles. The number of amides is 1. The Kier molecular flexibility index (Phi) is 4.63. The molecule has 0 aliphatic heterocycles. The Labute approximate surface area is 166 Å². The Morgan fingerprint density at radius 1 is 1.31 bits per heavy atom. The second kappa shape index (κ2) is 7.13. The Bertz CT molecular complexity index is 1290. The van der Waals surface area contributed by atoms with Crippen LogP contribution in [0.2, 0.25) is 5.02 Å². The van der Waals surface area contributed by atoms with Crippen molar-refractivity contribution in [2.75, 3.05) is 6.54 Å². The summed E-state index contributed by atoms with van der Waals surface area (Å²) in [5, 5.41) is 10.8. The fourth-order valence-electron chi connectivity index (χ4n) is 2.97. The van der Waals surface area contributed by atoms with Crippen LogP contribution in [-0.2, 0) is 0 Å². The molecule has 148 valence electrons. The third-order valence-electron chi connectivity index (χ3n) is 4.21. The summed E-state index contributed by atoms with van der Waals surface area (Å²) in [6.07, 6.45) is 3.89. The molecular weight excluding hydrogens is 406 g/mol. The highest BCUT2D eigenvalue weighted by atomic mass is 35.5. The van der Waals surface area contributed by atoms with E-state index in [0.717, 1.165) is 21.5 Å². The van der Waals surface area contributed by atoms with Crippen molar-refractivity contribution in [2.45, 2.75) is 6.92 Å². The fraction of sp³-hybridized carbons (Fsp3) is 0.111. The van der Waals surface area contributed by atoms with E-state index in [-0.39, 0.29) is 21.6 Å². The van der Waals surface area contributed by atoms with Gasteiger partial charge < -0.3 is 10.3 Å². The lowest BCUT2D eigenvalue weighted by atomic mass is 10.2. The largest absolute Gasteiger partial charge is 0.342 e. The lowest BCUT2D eigenvalue weighted by Crippen LogP contribution is -2.28. The van der Waals surface area contributed by atoms with Crippen molar-refractivity contribution in [3.05, 3.63) is 63.8 Å². The molecule has 1 aromatic carbocycles. The minimum absolute atomic E-state index is 0.00982. The molecule has 11 heteroatoms. The highest BCUT2D eigenvalue weighted by molar-refractivity contribution is 6.35. The van der Waals surface area contributed by atoms with Gasteiger partial charge in [0.2, 0.25) is 0 Å². The molecule has 3 heterocycles. The fourth-order valence-corrected chi connectivity index (χ4v) is 3.20. The summed E-state index contributed by atoms with van der Waals surface area (Å²) < 4.78 is 30.8. The Balaban J connectivity index is 2.01. The number of aromatic nitrogens is 5. The molecule has 1 amide bonds. The Morgan fingerprint density at radius 2 is 2.03 bits per heavy atom. The van der Waals surface area contributed by atoms with Crippen LogP contribution in [0.4, 0.5) is 13.6 Å². The van der Waals surface area contributed by atoms with Gasteiger partial charge in [0.15, 0.2) is 11.6 Å². The zero-order chi connectivity index (χ0) is 20.7. The smallest absolute Gasteiger partial charge is 0.336 e. The van der Waals surface area contributed by atoms with Crippen LogP contribution in [0.25, 0.3) is 27.8 Å². The second-order valence-electron chi connectivity index (χ2n) is 6.03. The number of hydrogen-bond acceptors (Lipinski definition) is 4. The maximum atomic E-state index is 14.4. The topological polar surface area (TPSA) is 97.6 Å². The van der Waals surface area contributed by atoms with Crippen LogP contribution in [0.5, 0.6) is 0 Å². The number of pyridine rings is 1. The van der Waals surface area contributed by atoms with E-state index >= 15 is 0 Å². The predicted octanol–water partition coefficient (Wildman–Crippen LogP) is 3.09. The van der Waals surface area contributed by atoms with Gasteiger partial charge in [0.1, 0.15) is 16.9 Å². The number of carbonyl (C=O) groups is 1. The lowest BCUT2D eigenvalue weighted by molar-refractivity contribution is 0.240. The molecule has 2 N–H and O–H groups in total. The van der Waals surface area contributed by atoms with Gasteiger partial charge in [-0.3, -0.25) is 4.79 Å². The van der Waals surface area contributed by atoms with E-state index in [0.29, 0.717) is 12.1 Å². The third kappa shape index (κ3) is 3.07. The maximum Gasteiger partial charge on any atom is 0.342 e. The number of carbonyl (C=O) groups excluding carboxylic acids is 1. The summed E-state index contributed by atoms with van der Waals surface area (Å²) >= 11 is 6.23. The molecule has 4 aromatic rings. The van der Waals surface area contributed by atoms with Gasteiger partial charge in [-0.15, -0.1) is 0 Å². The average molecular weight is 419 g/mol. The molecule has 0 saturated carbocycles. The van der Waals surface area contributed by atoms with Crippen molar-refractivity contribution in [1.82, 2.24) is 29.9 Å². The zero-order valence-electron chi connectivity index (χ0n) is 14.9. The van der Waals surface area contributed by atoms with Gasteiger partial charge in [-0.1, -0.05) is 17.7 Å². The summed E-state index contributed by atoms with van der Waals surface area (Å²) in [5.41, 5.74) is -0.646. The number of rotatable bonds is 3. The molecule has 3 aromatic heterocycles. The van der Waals surface area contributed by atoms with Gasteiger partial charge in [-0.05, 0) is 19.1 Å². The lowest BCUT2D eigenvalue weighted by Gasteiger charge is -2.06. The van der Waals surface area contributed by atoms with Crippen LogP contribution >= 0.6 is 11.6 Å². The SMILES string of the molecule is CCNC(=O)n1cc(-c2nn(-c3c(F)cccc3F)c3c(Cl)c[nH]c(=O)c23)cn1. The van der Waals surface area contributed by atoms with Crippen LogP contribution in [-0.4, -0.2) is 37.1 Å². The number of nitrogens with zero attached hydrogens (tertiary/aromatic N) is 4. The van der Waals surface area contributed by atoms with Gasteiger partial charge >= 0.3 is 6.03 Å².